The topological polar surface area (TPSA) is 83.5 Å². The first kappa shape index (κ1) is 28.5. The van der Waals surface area contributed by atoms with E-state index >= 15 is 4.39 Å². The number of aliphatic hydroxyl groups excluding tert-OH is 1. The van der Waals surface area contributed by atoms with Crippen molar-refractivity contribution < 1.29 is 36.6 Å². The number of rotatable bonds is 8. The van der Waals surface area contributed by atoms with Crippen LogP contribution >= 0.6 is 12.4 Å². The zero-order chi connectivity index (χ0) is 26.0. The minimum absolute atomic E-state index is 0. The number of pyridine rings is 1. The molecule has 1 aliphatic carbocycles. The van der Waals surface area contributed by atoms with E-state index in [2.05, 4.69) is 15.6 Å². The first-order chi connectivity index (χ1) is 17.0. The fourth-order valence-electron chi connectivity index (χ4n) is 4.19. The molecule has 1 saturated carbocycles. The van der Waals surface area contributed by atoms with E-state index in [1.54, 1.807) is 6.07 Å². The van der Waals surface area contributed by atoms with Gasteiger partial charge in [0.2, 0.25) is 5.91 Å². The lowest BCUT2D eigenvalue weighted by Gasteiger charge is -2.36. The molecule has 0 aliphatic heterocycles. The molecule has 1 aliphatic rings. The molecule has 1 atom stereocenters. The van der Waals surface area contributed by atoms with Crippen LogP contribution in [0.3, 0.4) is 0 Å². The van der Waals surface area contributed by atoms with Gasteiger partial charge >= 0.3 is 6.18 Å². The Morgan fingerprint density at radius 3 is 2.57 bits per heavy atom. The van der Waals surface area contributed by atoms with Gasteiger partial charge in [-0.05, 0) is 54.1 Å². The second-order valence-corrected chi connectivity index (χ2v) is 8.73. The van der Waals surface area contributed by atoms with Gasteiger partial charge in [-0.3, -0.25) is 9.78 Å². The van der Waals surface area contributed by atoms with E-state index < -0.39 is 29.5 Å². The quantitative estimate of drug-likeness (QED) is 0.354. The minimum atomic E-state index is -4.81. The number of carbonyl (C=O) groups excluding carboxylic acids is 1. The van der Waals surface area contributed by atoms with Crippen molar-refractivity contribution in [1.29, 1.82) is 0 Å². The number of amides is 1. The van der Waals surface area contributed by atoms with Crippen LogP contribution in [0.1, 0.15) is 42.6 Å². The summed E-state index contributed by atoms with van der Waals surface area (Å²) in [5, 5.41) is 17.3. The molecular formula is C25H25ClF5N3O3. The number of fused-ring (bicyclic) bond motifs is 1. The van der Waals surface area contributed by atoms with Crippen molar-refractivity contribution >= 4 is 29.1 Å². The van der Waals surface area contributed by atoms with Gasteiger partial charge in [-0.2, -0.15) is 13.2 Å². The fourth-order valence-corrected chi connectivity index (χ4v) is 4.19. The van der Waals surface area contributed by atoms with E-state index in [1.165, 1.54) is 25.4 Å². The Morgan fingerprint density at radius 1 is 1.16 bits per heavy atom. The van der Waals surface area contributed by atoms with Crippen molar-refractivity contribution in [2.75, 3.05) is 6.54 Å². The average molecular weight is 546 g/mol. The number of nitrogens with zero attached hydrogens (tertiary/aromatic N) is 1. The van der Waals surface area contributed by atoms with Gasteiger partial charge in [0.25, 0.3) is 0 Å². The first-order valence-corrected chi connectivity index (χ1v) is 11.3. The molecule has 3 aromatic rings. The van der Waals surface area contributed by atoms with Crippen LogP contribution in [-0.4, -0.2) is 34.7 Å². The van der Waals surface area contributed by atoms with E-state index in [9.17, 15) is 27.5 Å². The molecule has 6 nitrogen and oxygen atoms in total. The Kier molecular flexibility index (Phi) is 8.93. The number of carbonyl (C=O) groups is 1. The van der Waals surface area contributed by atoms with E-state index in [4.69, 9.17) is 4.74 Å². The standard InChI is InChI=1S/C25H24F5N3O3.ClH/c1-13(34)32-12-24(35)18-9-23(27)20(17-4-5-31-10-19(17)18)11-33-14-6-16(7-14)36-15-2-3-22(26)21(8-15)25(28,29)30;/h2-5,8-10,14,16,24,33,35H,6-7,11-12H2,1H3,(H,32,34);1H. The second-order valence-electron chi connectivity index (χ2n) is 8.73. The third-order valence-corrected chi connectivity index (χ3v) is 6.14. The van der Waals surface area contributed by atoms with Gasteiger partial charge < -0.3 is 20.5 Å². The summed E-state index contributed by atoms with van der Waals surface area (Å²) in [5.41, 5.74) is -0.695. The molecule has 1 fully saturated rings. The number of hydrogen-bond acceptors (Lipinski definition) is 5. The number of aromatic nitrogens is 1. The van der Waals surface area contributed by atoms with Crippen LogP contribution in [0.2, 0.25) is 0 Å². The number of alkyl halides is 3. The second kappa shape index (κ2) is 11.6. The Morgan fingerprint density at radius 2 is 1.89 bits per heavy atom. The van der Waals surface area contributed by atoms with Gasteiger partial charge in [0.1, 0.15) is 23.5 Å². The summed E-state index contributed by atoms with van der Waals surface area (Å²) in [4.78, 5) is 15.2. The molecule has 0 spiro atoms. The number of ether oxygens (including phenoxy) is 1. The Bertz CT molecular complexity index is 1270. The lowest BCUT2D eigenvalue weighted by atomic mass is 9.88. The Labute approximate surface area is 215 Å². The van der Waals surface area contributed by atoms with Gasteiger partial charge in [0.05, 0.1) is 11.7 Å². The molecule has 2 aromatic carbocycles. The van der Waals surface area contributed by atoms with Crippen LogP contribution in [0, 0.1) is 11.6 Å². The highest BCUT2D eigenvalue weighted by Gasteiger charge is 2.36. The summed E-state index contributed by atoms with van der Waals surface area (Å²) in [6, 6.07) is 5.35. The molecule has 0 bridgehead atoms. The van der Waals surface area contributed by atoms with Crippen molar-refractivity contribution in [1.82, 2.24) is 15.6 Å². The summed E-state index contributed by atoms with van der Waals surface area (Å²) in [6.07, 6.45) is -2.29. The molecular weight excluding hydrogens is 521 g/mol. The van der Waals surface area contributed by atoms with Crippen LogP contribution in [0.5, 0.6) is 5.75 Å². The maximum atomic E-state index is 15.0. The van der Waals surface area contributed by atoms with Crippen molar-refractivity contribution in [3.63, 3.8) is 0 Å². The summed E-state index contributed by atoms with van der Waals surface area (Å²) in [7, 11) is 0. The molecule has 4 rings (SSSR count). The molecule has 200 valence electrons. The van der Waals surface area contributed by atoms with Gasteiger partial charge in [-0.25, -0.2) is 8.78 Å². The predicted octanol–water partition coefficient (Wildman–Crippen LogP) is 4.82. The lowest BCUT2D eigenvalue weighted by Crippen LogP contribution is -2.46. The third kappa shape index (κ3) is 6.65. The van der Waals surface area contributed by atoms with Crippen LogP contribution in [0.15, 0.2) is 42.7 Å². The summed E-state index contributed by atoms with van der Waals surface area (Å²) >= 11 is 0. The van der Waals surface area contributed by atoms with Crippen molar-refractivity contribution in [2.24, 2.45) is 0 Å². The van der Waals surface area contributed by atoms with Gasteiger partial charge in [-0.15, -0.1) is 12.4 Å². The molecule has 37 heavy (non-hydrogen) atoms. The molecule has 12 heteroatoms. The number of halogens is 6. The van der Waals surface area contributed by atoms with Gasteiger partial charge in [0.15, 0.2) is 0 Å². The summed E-state index contributed by atoms with van der Waals surface area (Å²) < 4.78 is 72.7. The van der Waals surface area contributed by atoms with Crippen molar-refractivity contribution in [2.45, 2.75) is 50.7 Å². The predicted molar refractivity (Wildman–Crippen MR) is 128 cm³/mol. The summed E-state index contributed by atoms with van der Waals surface area (Å²) in [6.45, 7) is 1.41. The smallest absolute Gasteiger partial charge is 0.419 e. The van der Waals surface area contributed by atoms with Crippen LogP contribution in [0.4, 0.5) is 22.0 Å². The normalized spacial score (nSPS) is 18.0. The zero-order valence-electron chi connectivity index (χ0n) is 19.6. The minimum Gasteiger partial charge on any atom is -0.490 e. The molecule has 1 heterocycles. The average Bonchev–Trinajstić information content (AvgIpc) is 2.79. The highest BCUT2D eigenvalue weighted by molar-refractivity contribution is 5.88. The molecule has 3 N–H and O–H groups in total. The highest BCUT2D eigenvalue weighted by atomic mass is 35.5. The van der Waals surface area contributed by atoms with Crippen molar-refractivity contribution in [3.05, 3.63) is 71.1 Å². The van der Waals surface area contributed by atoms with Gasteiger partial charge in [-0.1, -0.05) is 0 Å². The first-order valence-electron chi connectivity index (χ1n) is 11.3. The Hall–Kier alpha value is -3.02. The molecule has 0 saturated heterocycles. The maximum Gasteiger partial charge on any atom is 0.419 e. The number of hydrogen-bond donors (Lipinski definition) is 3. The van der Waals surface area contributed by atoms with E-state index in [0.717, 1.165) is 12.1 Å². The fraction of sp³-hybridized carbons (Fsp3) is 0.360. The largest absolute Gasteiger partial charge is 0.490 e. The lowest BCUT2D eigenvalue weighted by molar-refractivity contribution is -0.140. The number of nitrogens with one attached hydrogen (secondary N) is 2. The van der Waals surface area contributed by atoms with Crippen LogP contribution in [-0.2, 0) is 17.5 Å². The molecule has 1 unspecified atom stereocenters. The zero-order valence-corrected chi connectivity index (χ0v) is 20.4. The van der Waals surface area contributed by atoms with E-state index in [1.807, 2.05) is 0 Å². The van der Waals surface area contributed by atoms with Crippen molar-refractivity contribution in [3.8, 4) is 5.75 Å². The monoisotopic (exact) mass is 545 g/mol. The van der Waals surface area contributed by atoms with Crippen LogP contribution in [0.25, 0.3) is 10.8 Å². The third-order valence-electron chi connectivity index (χ3n) is 6.14. The molecule has 0 radical (unpaired) electrons. The molecule has 1 amide bonds. The number of aliphatic hydroxyl groups is 1. The summed E-state index contributed by atoms with van der Waals surface area (Å²) in [5.74, 6) is -2.27. The Balaban J connectivity index is 0.00000380. The van der Waals surface area contributed by atoms with Gasteiger partial charge in [0, 0.05) is 49.4 Å². The van der Waals surface area contributed by atoms with E-state index in [-0.39, 0.29) is 49.3 Å². The molecule has 1 aromatic heterocycles. The number of benzene rings is 2. The SMILES string of the molecule is CC(=O)NCC(O)c1cc(F)c(CNC2CC(Oc3ccc(F)c(C(F)(F)F)c3)C2)c2ccncc12.Cl. The van der Waals surface area contributed by atoms with E-state index in [0.29, 0.717) is 40.8 Å². The highest BCUT2D eigenvalue weighted by Crippen LogP contribution is 2.35. The maximum absolute atomic E-state index is 15.0. The van der Waals surface area contributed by atoms with Crippen LogP contribution < -0.4 is 15.4 Å².